The van der Waals surface area contributed by atoms with Crippen LogP contribution in [0.2, 0.25) is 5.02 Å². The normalized spacial score (nSPS) is 11.4. The van der Waals surface area contributed by atoms with Crippen LogP contribution in [0.25, 0.3) is 0 Å². The van der Waals surface area contributed by atoms with E-state index in [0.717, 1.165) is 23.1 Å². The van der Waals surface area contributed by atoms with Crippen LogP contribution in [0.15, 0.2) is 41.3 Å². The third-order valence-electron chi connectivity index (χ3n) is 3.81. The van der Waals surface area contributed by atoms with Crippen LogP contribution in [0.5, 0.6) is 0 Å². The minimum absolute atomic E-state index is 0.0762. The maximum absolute atomic E-state index is 13.0. The second kappa shape index (κ2) is 6.95. The summed E-state index contributed by atoms with van der Waals surface area (Å²) >= 11 is 6.16. The molecule has 6 heteroatoms. The number of hydrogen-bond donors (Lipinski definition) is 0. The van der Waals surface area contributed by atoms with Crippen molar-refractivity contribution in [1.82, 2.24) is 0 Å². The van der Waals surface area contributed by atoms with Crippen molar-refractivity contribution in [3.05, 3.63) is 58.1 Å². The summed E-state index contributed by atoms with van der Waals surface area (Å²) in [6, 6.07) is 10.1. The first-order valence-corrected chi connectivity index (χ1v) is 9.80. The standard InChI is InChI=1S/C18H20ClNO3S/c1-5-20(17-10-12(2)6-7-13(17)3)18(21)15-11-14(24(4,22)23)8-9-16(15)19/h6-11H,5H2,1-4H3. The predicted molar refractivity (Wildman–Crippen MR) is 97.8 cm³/mol. The Labute approximate surface area is 148 Å². The largest absolute Gasteiger partial charge is 0.308 e. The van der Waals surface area contributed by atoms with E-state index in [4.69, 9.17) is 11.6 Å². The number of rotatable bonds is 4. The number of amides is 1. The summed E-state index contributed by atoms with van der Waals surface area (Å²) in [5.41, 5.74) is 2.98. The van der Waals surface area contributed by atoms with Gasteiger partial charge in [0.2, 0.25) is 0 Å². The SMILES string of the molecule is CCN(C(=O)c1cc(S(C)(=O)=O)ccc1Cl)c1cc(C)ccc1C. The number of carbonyl (C=O) groups is 1. The Balaban J connectivity index is 2.55. The molecule has 0 fully saturated rings. The van der Waals surface area contributed by atoms with Crippen molar-refractivity contribution < 1.29 is 13.2 Å². The molecular formula is C18H20ClNO3S. The van der Waals surface area contributed by atoms with Gasteiger partial charge in [-0.25, -0.2) is 8.42 Å². The summed E-state index contributed by atoms with van der Waals surface area (Å²) < 4.78 is 23.5. The van der Waals surface area contributed by atoms with Gasteiger partial charge in [-0.05, 0) is 56.2 Å². The second-order valence-corrected chi connectivity index (χ2v) is 8.18. The number of anilines is 1. The van der Waals surface area contributed by atoms with Crippen LogP contribution >= 0.6 is 11.6 Å². The molecule has 2 aromatic carbocycles. The van der Waals surface area contributed by atoms with E-state index in [-0.39, 0.29) is 21.4 Å². The average Bonchev–Trinajstić information content (AvgIpc) is 2.50. The molecule has 0 spiro atoms. The number of benzene rings is 2. The number of halogens is 1. The van der Waals surface area contributed by atoms with Crippen molar-refractivity contribution in [3.8, 4) is 0 Å². The molecule has 0 bridgehead atoms. The van der Waals surface area contributed by atoms with E-state index in [1.54, 1.807) is 4.90 Å². The molecule has 4 nitrogen and oxygen atoms in total. The highest BCUT2D eigenvalue weighted by Crippen LogP contribution is 2.27. The highest BCUT2D eigenvalue weighted by molar-refractivity contribution is 7.90. The molecule has 0 radical (unpaired) electrons. The van der Waals surface area contributed by atoms with Crippen molar-refractivity contribution in [2.45, 2.75) is 25.7 Å². The van der Waals surface area contributed by atoms with Gasteiger partial charge in [-0.1, -0.05) is 23.7 Å². The first-order valence-electron chi connectivity index (χ1n) is 7.54. The zero-order chi connectivity index (χ0) is 18.1. The van der Waals surface area contributed by atoms with Crippen molar-refractivity contribution >= 4 is 33.0 Å². The Bertz CT molecular complexity index is 891. The van der Waals surface area contributed by atoms with Crippen molar-refractivity contribution in [2.75, 3.05) is 17.7 Å². The molecule has 0 aromatic heterocycles. The number of aryl methyl sites for hydroxylation is 2. The Morgan fingerprint density at radius 3 is 2.38 bits per heavy atom. The van der Waals surface area contributed by atoms with Gasteiger partial charge in [-0.15, -0.1) is 0 Å². The lowest BCUT2D eigenvalue weighted by Gasteiger charge is -2.24. The fourth-order valence-electron chi connectivity index (χ4n) is 2.48. The summed E-state index contributed by atoms with van der Waals surface area (Å²) in [4.78, 5) is 14.7. The monoisotopic (exact) mass is 365 g/mol. The summed E-state index contributed by atoms with van der Waals surface area (Å²) in [6.45, 7) is 6.20. The van der Waals surface area contributed by atoms with Crippen LogP contribution < -0.4 is 4.90 Å². The van der Waals surface area contributed by atoms with Crippen LogP contribution in [-0.4, -0.2) is 27.1 Å². The van der Waals surface area contributed by atoms with Crippen LogP contribution in [0.1, 0.15) is 28.4 Å². The van der Waals surface area contributed by atoms with Gasteiger partial charge in [-0.3, -0.25) is 4.79 Å². The zero-order valence-electron chi connectivity index (χ0n) is 14.1. The first-order chi connectivity index (χ1) is 11.1. The first kappa shape index (κ1) is 18.5. The van der Waals surface area contributed by atoms with E-state index in [1.807, 2.05) is 39.0 Å². The number of nitrogens with zero attached hydrogens (tertiary/aromatic N) is 1. The third kappa shape index (κ3) is 3.79. The number of carbonyl (C=O) groups excluding carboxylic acids is 1. The number of hydrogen-bond acceptors (Lipinski definition) is 3. The fourth-order valence-corrected chi connectivity index (χ4v) is 3.32. The quantitative estimate of drug-likeness (QED) is 0.822. The summed E-state index contributed by atoms with van der Waals surface area (Å²) in [5, 5.41) is 0.233. The van der Waals surface area contributed by atoms with E-state index in [1.165, 1.54) is 18.2 Å². The highest BCUT2D eigenvalue weighted by atomic mass is 35.5. The molecule has 0 unspecified atom stereocenters. The van der Waals surface area contributed by atoms with Crippen molar-refractivity contribution in [1.29, 1.82) is 0 Å². The Kier molecular flexibility index (Phi) is 5.35. The molecule has 1 amide bonds. The summed E-state index contributed by atoms with van der Waals surface area (Å²) in [7, 11) is -3.42. The van der Waals surface area contributed by atoms with Crippen LogP contribution in [-0.2, 0) is 9.84 Å². The molecule has 2 rings (SSSR count). The van der Waals surface area contributed by atoms with Crippen molar-refractivity contribution in [2.24, 2.45) is 0 Å². The lowest BCUT2D eigenvalue weighted by molar-refractivity contribution is 0.0988. The Morgan fingerprint density at radius 1 is 1.12 bits per heavy atom. The summed E-state index contributed by atoms with van der Waals surface area (Å²) in [5.74, 6) is -0.318. The van der Waals surface area contributed by atoms with Gasteiger partial charge in [0.05, 0.1) is 15.5 Å². The molecule has 0 atom stereocenters. The van der Waals surface area contributed by atoms with Crippen LogP contribution in [0.3, 0.4) is 0 Å². The van der Waals surface area contributed by atoms with Crippen molar-refractivity contribution in [3.63, 3.8) is 0 Å². The highest BCUT2D eigenvalue weighted by Gasteiger charge is 2.22. The minimum atomic E-state index is -3.42. The van der Waals surface area contributed by atoms with Gasteiger partial charge in [-0.2, -0.15) is 0 Å². The zero-order valence-corrected chi connectivity index (χ0v) is 15.7. The van der Waals surface area contributed by atoms with Crippen LogP contribution in [0.4, 0.5) is 5.69 Å². The predicted octanol–water partition coefficient (Wildman–Crippen LogP) is 4.03. The molecule has 0 aliphatic heterocycles. The molecular weight excluding hydrogens is 346 g/mol. The van der Waals surface area contributed by atoms with E-state index >= 15 is 0 Å². The maximum Gasteiger partial charge on any atom is 0.259 e. The molecule has 0 saturated carbocycles. The number of sulfone groups is 1. The summed E-state index contributed by atoms with van der Waals surface area (Å²) in [6.07, 6.45) is 1.10. The van der Waals surface area contributed by atoms with E-state index < -0.39 is 9.84 Å². The smallest absolute Gasteiger partial charge is 0.259 e. The molecule has 0 aliphatic rings. The molecule has 0 N–H and O–H groups in total. The lowest BCUT2D eigenvalue weighted by atomic mass is 10.1. The maximum atomic E-state index is 13.0. The third-order valence-corrected chi connectivity index (χ3v) is 5.25. The second-order valence-electron chi connectivity index (χ2n) is 5.75. The molecule has 2 aromatic rings. The molecule has 0 aliphatic carbocycles. The molecule has 0 saturated heterocycles. The molecule has 24 heavy (non-hydrogen) atoms. The van der Waals surface area contributed by atoms with Gasteiger partial charge in [0.1, 0.15) is 0 Å². The Hall–Kier alpha value is -1.85. The minimum Gasteiger partial charge on any atom is -0.308 e. The van der Waals surface area contributed by atoms with Gasteiger partial charge in [0, 0.05) is 18.5 Å². The molecule has 128 valence electrons. The van der Waals surface area contributed by atoms with E-state index in [9.17, 15) is 13.2 Å². The van der Waals surface area contributed by atoms with Crippen LogP contribution in [0, 0.1) is 13.8 Å². The molecule has 0 heterocycles. The topological polar surface area (TPSA) is 54.5 Å². The van der Waals surface area contributed by atoms with Gasteiger partial charge < -0.3 is 4.90 Å². The lowest BCUT2D eigenvalue weighted by Crippen LogP contribution is -2.31. The average molecular weight is 366 g/mol. The van der Waals surface area contributed by atoms with E-state index in [0.29, 0.717) is 6.54 Å². The Morgan fingerprint density at radius 2 is 1.79 bits per heavy atom. The van der Waals surface area contributed by atoms with Gasteiger partial charge in [0.25, 0.3) is 5.91 Å². The van der Waals surface area contributed by atoms with Gasteiger partial charge >= 0.3 is 0 Å². The fraction of sp³-hybridized carbons (Fsp3) is 0.278. The van der Waals surface area contributed by atoms with Gasteiger partial charge in [0.15, 0.2) is 9.84 Å². The van der Waals surface area contributed by atoms with E-state index in [2.05, 4.69) is 0 Å².